The molecule has 1 aliphatic rings. The zero-order valence-corrected chi connectivity index (χ0v) is 10.7. The van der Waals surface area contributed by atoms with E-state index in [1.165, 1.54) is 5.69 Å². The zero-order chi connectivity index (χ0) is 13.1. The molecule has 1 saturated heterocycles. The Labute approximate surface area is 112 Å². The molecule has 2 heterocycles. The number of benzene rings is 1. The summed E-state index contributed by atoms with van der Waals surface area (Å²) in [6, 6.07) is 11.8. The number of hydrogen-bond donors (Lipinski definition) is 1. The Kier molecular flexibility index (Phi) is 3.30. The molecule has 1 aromatic heterocycles. The normalized spacial score (nSPS) is 16.2. The fraction of sp³-hybridized carbons (Fsp3) is 0.333. The van der Waals surface area contributed by atoms with E-state index in [1.54, 1.807) is 0 Å². The van der Waals surface area contributed by atoms with Crippen molar-refractivity contribution in [2.24, 2.45) is 0 Å². The maximum Gasteiger partial charge on any atom is 0.0991 e. The first-order valence-corrected chi connectivity index (χ1v) is 6.63. The topological polar surface area (TPSA) is 53.6 Å². The lowest BCUT2D eigenvalue weighted by Gasteiger charge is -2.23. The molecule has 96 valence electrons. The summed E-state index contributed by atoms with van der Waals surface area (Å²) >= 11 is 0. The van der Waals surface area contributed by atoms with Crippen LogP contribution in [0.1, 0.15) is 30.0 Å². The highest BCUT2D eigenvalue weighted by atomic mass is 15.3. The van der Waals surface area contributed by atoms with Crippen LogP contribution in [0, 0.1) is 11.3 Å². The maximum absolute atomic E-state index is 8.84. The first-order valence-electron chi connectivity index (χ1n) is 6.63. The highest BCUT2D eigenvalue weighted by Crippen LogP contribution is 2.26. The van der Waals surface area contributed by atoms with Crippen LogP contribution in [0.3, 0.4) is 0 Å². The summed E-state index contributed by atoms with van der Waals surface area (Å²) in [5.74, 6) is 0.569. The second-order valence-electron chi connectivity index (χ2n) is 4.85. The Morgan fingerprint density at radius 1 is 1.16 bits per heavy atom. The van der Waals surface area contributed by atoms with Crippen LogP contribution >= 0.6 is 0 Å². The Bertz CT molecular complexity index is 585. The highest BCUT2D eigenvalue weighted by molar-refractivity contribution is 5.40. The van der Waals surface area contributed by atoms with Crippen LogP contribution in [-0.4, -0.2) is 22.9 Å². The molecular formula is C15H16N4. The van der Waals surface area contributed by atoms with Crippen molar-refractivity contribution in [2.45, 2.75) is 18.8 Å². The third-order valence-corrected chi connectivity index (χ3v) is 3.67. The van der Waals surface area contributed by atoms with E-state index in [1.807, 2.05) is 35.1 Å². The fourth-order valence-electron chi connectivity index (χ4n) is 2.63. The highest BCUT2D eigenvalue weighted by Gasteiger charge is 2.19. The quantitative estimate of drug-likeness (QED) is 0.891. The molecule has 1 aromatic carbocycles. The van der Waals surface area contributed by atoms with Crippen molar-refractivity contribution in [3.05, 3.63) is 47.8 Å². The Morgan fingerprint density at radius 3 is 2.58 bits per heavy atom. The van der Waals surface area contributed by atoms with Gasteiger partial charge >= 0.3 is 0 Å². The van der Waals surface area contributed by atoms with Gasteiger partial charge in [-0.05, 0) is 56.3 Å². The van der Waals surface area contributed by atoms with Crippen molar-refractivity contribution >= 4 is 0 Å². The Balaban J connectivity index is 1.92. The Morgan fingerprint density at radius 2 is 1.89 bits per heavy atom. The predicted octanol–water partition coefficient (Wildman–Crippen LogP) is 2.21. The lowest BCUT2D eigenvalue weighted by molar-refractivity contribution is 0.446. The molecule has 19 heavy (non-hydrogen) atoms. The molecule has 4 heteroatoms. The molecular weight excluding hydrogens is 236 g/mol. The van der Waals surface area contributed by atoms with Gasteiger partial charge in [-0.25, -0.2) is 4.68 Å². The first kappa shape index (κ1) is 11.9. The molecule has 1 fully saturated rings. The van der Waals surface area contributed by atoms with Crippen molar-refractivity contribution in [2.75, 3.05) is 13.1 Å². The lowest BCUT2D eigenvalue weighted by atomic mass is 9.94. The summed E-state index contributed by atoms with van der Waals surface area (Å²) in [4.78, 5) is 0. The van der Waals surface area contributed by atoms with Gasteiger partial charge in [-0.1, -0.05) is 0 Å². The molecule has 0 saturated carbocycles. The molecule has 0 aliphatic carbocycles. The summed E-state index contributed by atoms with van der Waals surface area (Å²) < 4.78 is 2.00. The molecule has 2 aromatic rings. The molecule has 0 atom stereocenters. The van der Waals surface area contributed by atoms with E-state index in [-0.39, 0.29) is 0 Å². The molecule has 1 aliphatic heterocycles. The van der Waals surface area contributed by atoms with Crippen LogP contribution in [0.15, 0.2) is 36.5 Å². The SMILES string of the molecule is N#Cc1ccc(-n2nccc2C2CCNCC2)cc1. The third kappa shape index (κ3) is 2.38. The van der Waals surface area contributed by atoms with E-state index < -0.39 is 0 Å². The lowest BCUT2D eigenvalue weighted by Crippen LogP contribution is -2.27. The van der Waals surface area contributed by atoms with Gasteiger partial charge in [0.05, 0.1) is 17.3 Å². The minimum absolute atomic E-state index is 0.569. The van der Waals surface area contributed by atoms with Gasteiger partial charge in [0.2, 0.25) is 0 Å². The van der Waals surface area contributed by atoms with E-state index in [2.05, 4.69) is 22.6 Å². The van der Waals surface area contributed by atoms with Crippen molar-refractivity contribution in [3.63, 3.8) is 0 Å². The number of nitrogens with one attached hydrogen (secondary N) is 1. The number of hydrogen-bond acceptors (Lipinski definition) is 3. The van der Waals surface area contributed by atoms with E-state index in [4.69, 9.17) is 5.26 Å². The van der Waals surface area contributed by atoms with Gasteiger partial charge in [0, 0.05) is 17.8 Å². The summed E-state index contributed by atoms with van der Waals surface area (Å²) in [6.45, 7) is 2.15. The van der Waals surface area contributed by atoms with Gasteiger partial charge in [-0.15, -0.1) is 0 Å². The summed E-state index contributed by atoms with van der Waals surface area (Å²) in [7, 11) is 0. The van der Waals surface area contributed by atoms with Crippen molar-refractivity contribution in [1.29, 1.82) is 5.26 Å². The molecule has 0 unspecified atom stereocenters. The van der Waals surface area contributed by atoms with Crippen LogP contribution in [0.25, 0.3) is 5.69 Å². The first-order chi connectivity index (χ1) is 9.38. The number of nitriles is 1. The van der Waals surface area contributed by atoms with Crippen LogP contribution in [0.5, 0.6) is 0 Å². The van der Waals surface area contributed by atoms with Crippen molar-refractivity contribution in [1.82, 2.24) is 15.1 Å². The maximum atomic E-state index is 8.84. The average Bonchev–Trinajstić information content (AvgIpc) is 2.98. The molecule has 0 radical (unpaired) electrons. The van der Waals surface area contributed by atoms with Gasteiger partial charge in [0.1, 0.15) is 0 Å². The molecule has 0 bridgehead atoms. The van der Waals surface area contributed by atoms with E-state index in [0.717, 1.165) is 31.6 Å². The molecule has 0 amide bonds. The van der Waals surface area contributed by atoms with Gasteiger partial charge in [0.15, 0.2) is 0 Å². The van der Waals surface area contributed by atoms with Crippen LogP contribution in [0.2, 0.25) is 0 Å². The minimum Gasteiger partial charge on any atom is -0.317 e. The van der Waals surface area contributed by atoms with E-state index >= 15 is 0 Å². The van der Waals surface area contributed by atoms with Crippen molar-refractivity contribution < 1.29 is 0 Å². The number of nitrogens with zero attached hydrogens (tertiary/aromatic N) is 3. The summed E-state index contributed by atoms with van der Waals surface area (Å²) in [6.07, 6.45) is 4.17. The summed E-state index contributed by atoms with van der Waals surface area (Å²) in [5.41, 5.74) is 2.98. The molecule has 3 rings (SSSR count). The van der Waals surface area contributed by atoms with Gasteiger partial charge in [-0.2, -0.15) is 10.4 Å². The average molecular weight is 252 g/mol. The number of piperidine rings is 1. The second-order valence-corrected chi connectivity index (χ2v) is 4.85. The fourth-order valence-corrected chi connectivity index (χ4v) is 2.63. The predicted molar refractivity (Wildman–Crippen MR) is 73.1 cm³/mol. The van der Waals surface area contributed by atoms with Crippen molar-refractivity contribution in [3.8, 4) is 11.8 Å². The standard InChI is InChI=1S/C15H16N4/c16-11-12-1-3-14(4-2-12)19-15(7-10-18-19)13-5-8-17-9-6-13/h1-4,7,10,13,17H,5-6,8-9H2. The van der Waals surface area contributed by atoms with Gasteiger partial charge < -0.3 is 5.32 Å². The number of aromatic nitrogens is 2. The van der Waals surface area contributed by atoms with Crippen LogP contribution in [0.4, 0.5) is 0 Å². The van der Waals surface area contributed by atoms with Crippen LogP contribution < -0.4 is 5.32 Å². The van der Waals surface area contributed by atoms with E-state index in [9.17, 15) is 0 Å². The van der Waals surface area contributed by atoms with Crippen LogP contribution in [-0.2, 0) is 0 Å². The second kappa shape index (κ2) is 5.25. The monoisotopic (exact) mass is 252 g/mol. The largest absolute Gasteiger partial charge is 0.317 e. The zero-order valence-electron chi connectivity index (χ0n) is 10.7. The minimum atomic E-state index is 0.569. The molecule has 0 spiro atoms. The smallest absolute Gasteiger partial charge is 0.0991 e. The number of rotatable bonds is 2. The Hall–Kier alpha value is -2.12. The molecule has 4 nitrogen and oxygen atoms in total. The van der Waals surface area contributed by atoms with E-state index in [0.29, 0.717) is 11.5 Å². The third-order valence-electron chi connectivity index (χ3n) is 3.67. The molecule has 1 N–H and O–H groups in total. The summed E-state index contributed by atoms with van der Waals surface area (Å²) in [5, 5.41) is 16.7. The van der Waals surface area contributed by atoms with Gasteiger partial charge in [0.25, 0.3) is 0 Å². The van der Waals surface area contributed by atoms with Gasteiger partial charge in [-0.3, -0.25) is 0 Å².